The third kappa shape index (κ3) is 21.3. The van der Waals surface area contributed by atoms with Crippen LogP contribution in [0.25, 0.3) is 0 Å². The van der Waals surface area contributed by atoms with Crippen molar-refractivity contribution in [2.24, 2.45) is 0 Å². The number of hydrogen-bond acceptors (Lipinski definition) is 12. The summed E-state index contributed by atoms with van der Waals surface area (Å²) in [5.41, 5.74) is 0. The number of carbonyl (C=O) groups is 1. The quantitative estimate of drug-likeness (QED) is 0.200. The summed E-state index contributed by atoms with van der Waals surface area (Å²) in [5, 5.41) is 0. The Morgan fingerprint density at radius 1 is 0.750 bits per heavy atom. The standard InChI is InChI=1S/C5H10O8S2.C5H12O6S2/c1-12-5(6)13-15(10,11)4-2-3-14(7,8)9;1-2-11-13(9,10)5-3-4-12(6,7)8/h2-4H2,1H3,(H,7,8,9);2-5H2,1H3,(H,6,7,8). The van der Waals surface area contributed by atoms with Gasteiger partial charge < -0.3 is 8.92 Å². The minimum absolute atomic E-state index is 0.0220. The Kier molecular flexibility index (Phi) is 13.0. The topological polar surface area (TPSA) is 222 Å². The average Bonchev–Trinajstić information content (AvgIpc) is 2.43. The van der Waals surface area contributed by atoms with Gasteiger partial charge in [-0.2, -0.15) is 33.7 Å². The third-order valence-electron chi connectivity index (χ3n) is 2.25. The zero-order valence-corrected chi connectivity index (χ0v) is 18.1. The molecule has 0 amide bonds. The van der Waals surface area contributed by atoms with E-state index in [2.05, 4.69) is 13.1 Å². The largest absolute Gasteiger partial charge is 0.523 e. The molecular weight excluding hydrogens is 472 g/mol. The minimum atomic E-state index is -4.22. The smallest absolute Gasteiger partial charge is 0.437 e. The summed E-state index contributed by atoms with van der Waals surface area (Å²) in [6, 6.07) is 0. The Bertz CT molecular complexity index is 882. The molecule has 0 rings (SSSR count). The summed E-state index contributed by atoms with van der Waals surface area (Å²) in [4.78, 5) is 10.4. The number of ether oxygens (including phenoxy) is 1. The van der Waals surface area contributed by atoms with Gasteiger partial charge in [0.1, 0.15) is 0 Å². The van der Waals surface area contributed by atoms with Crippen LogP contribution in [0, 0.1) is 0 Å². The van der Waals surface area contributed by atoms with Crippen LogP contribution in [0.3, 0.4) is 0 Å². The van der Waals surface area contributed by atoms with Gasteiger partial charge in [-0.15, -0.1) is 0 Å². The summed E-state index contributed by atoms with van der Waals surface area (Å²) in [6.45, 7) is 1.54. The van der Waals surface area contributed by atoms with Gasteiger partial charge >= 0.3 is 16.3 Å². The predicted octanol–water partition coefficient (Wildman–Crippen LogP) is -0.992. The Balaban J connectivity index is 0. The molecule has 0 aliphatic heterocycles. The fourth-order valence-corrected chi connectivity index (χ4v) is 4.47. The molecule has 2 N–H and O–H groups in total. The van der Waals surface area contributed by atoms with Crippen LogP contribution in [-0.4, -0.2) is 85.7 Å². The molecule has 0 aliphatic rings. The van der Waals surface area contributed by atoms with Crippen molar-refractivity contribution in [3.8, 4) is 0 Å². The van der Waals surface area contributed by atoms with Gasteiger partial charge in [0.05, 0.1) is 36.7 Å². The molecule has 0 radical (unpaired) electrons. The molecule has 18 heteroatoms. The van der Waals surface area contributed by atoms with Gasteiger partial charge in [0.2, 0.25) is 0 Å². The first kappa shape index (κ1) is 29.2. The van der Waals surface area contributed by atoms with Crippen molar-refractivity contribution in [3.63, 3.8) is 0 Å². The first-order valence-corrected chi connectivity index (χ1v) is 13.6. The van der Waals surface area contributed by atoms with E-state index in [1.54, 1.807) is 0 Å². The SMILES string of the molecule is CCOS(=O)(=O)CCCS(=O)(=O)O.COC(=O)OS(=O)(=O)CCCS(=O)(=O)O. The molecule has 0 aliphatic carbocycles. The average molecular weight is 495 g/mol. The highest BCUT2D eigenvalue weighted by atomic mass is 32.2. The lowest BCUT2D eigenvalue weighted by Gasteiger charge is -2.02. The molecule has 0 heterocycles. The highest BCUT2D eigenvalue weighted by Crippen LogP contribution is 2.00. The van der Waals surface area contributed by atoms with E-state index in [0.29, 0.717) is 0 Å². The fourth-order valence-electron chi connectivity index (χ4n) is 1.25. The molecular formula is C10H22O14S4. The lowest BCUT2D eigenvalue weighted by atomic mass is 10.6. The number of hydrogen-bond donors (Lipinski definition) is 2. The van der Waals surface area contributed by atoms with Gasteiger partial charge in [0, 0.05) is 0 Å². The van der Waals surface area contributed by atoms with E-state index >= 15 is 0 Å². The minimum Gasteiger partial charge on any atom is -0.437 e. The summed E-state index contributed by atoms with van der Waals surface area (Å²) < 4.78 is 113. The second-order valence-electron chi connectivity index (χ2n) is 4.75. The maximum absolute atomic E-state index is 10.9. The Morgan fingerprint density at radius 3 is 1.46 bits per heavy atom. The zero-order chi connectivity index (χ0) is 22.6. The summed E-state index contributed by atoms with van der Waals surface area (Å²) in [5.74, 6) is -2.40. The van der Waals surface area contributed by atoms with E-state index in [0.717, 1.165) is 7.11 Å². The van der Waals surface area contributed by atoms with Gasteiger partial charge in [-0.1, -0.05) is 0 Å². The molecule has 28 heavy (non-hydrogen) atoms. The van der Waals surface area contributed by atoms with Crippen LogP contribution >= 0.6 is 0 Å². The van der Waals surface area contributed by atoms with E-state index < -0.39 is 69.6 Å². The van der Waals surface area contributed by atoms with Gasteiger partial charge in [0.15, 0.2) is 0 Å². The van der Waals surface area contributed by atoms with Crippen molar-refractivity contribution in [1.82, 2.24) is 0 Å². The molecule has 0 spiro atoms. The number of rotatable bonds is 11. The van der Waals surface area contributed by atoms with E-state index in [9.17, 15) is 38.5 Å². The van der Waals surface area contributed by atoms with Crippen LogP contribution in [0.15, 0.2) is 0 Å². The predicted molar refractivity (Wildman–Crippen MR) is 94.8 cm³/mol. The molecule has 0 unspecified atom stereocenters. The Morgan fingerprint density at radius 2 is 1.14 bits per heavy atom. The van der Waals surface area contributed by atoms with E-state index in [1.807, 2.05) is 0 Å². The highest BCUT2D eigenvalue weighted by Gasteiger charge is 2.18. The van der Waals surface area contributed by atoms with Gasteiger partial charge in [-0.3, -0.25) is 13.3 Å². The molecule has 0 aromatic rings. The van der Waals surface area contributed by atoms with E-state index in [1.165, 1.54) is 6.92 Å². The van der Waals surface area contributed by atoms with E-state index in [-0.39, 0.29) is 19.4 Å². The first-order chi connectivity index (χ1) is 12.4. The van der Waals surface area contributed by atoms with Crippen molar-refractivity contribution >= 4 is 46.6 Å². The summed E-state index contributed by atoms with van der Waals surface area (Å²) >= 11 is 0. The molecule has 0 fully saturated rings. The van der Waals surface area contributed by atoms with Crippen LogP contribution in [0.5, 0.6) is 0 Å². The second kappa shape index (κ2) is 12.5. The lowest BCUT2D eigenvalue weighted by Crippen LogP contribution is -2.18. The Hall–Kier alpha value is -1.05. The van der Waals surface area contributed by atoms with Crippen LogP contribution < -0.4 is 0 Å². The van der Waals surface area contributed by atoms with E-state index in [4.69, 9.17) is 9.11 Å². The third-order valence-corrected chi connectivity index (χ3v) is 6.42. The van der Waals surface area contributed by atoms with Crippen molar-refractivity contribution < 1.29 is 60.7 Å². The molecule has 0 aromatic heterocycles. The molecule has 14 nitrogen and oxygen atoms in total. The van der Waals surface area contributed by atoms with Crippen LogP contribution in [-0.2, 0) is 53.6 Å². The van der Waals surface area contributed by atoms with Crippen LogP contribution in [0.1, 0.15) is 19.8 Å². The first-order valence-electron chi connectivity index (χ1n) is 7.20. The molecule has 0 atom stereocenters. The molecule has 0 saturated heterocycles. The second-order valence-corrected chi connectivity index (χ2v) is 11.3. The van der Waals surface area contributed by atoms with Crippen LogP contribution in [0.2, 0.25) is 0 Å². The molecule has 170 valence electrons. The van der Waals surface area contributed by atoms with Gasteiger partial charge in [0.25, 0.3) is 30.4 Å². The Labute approximate surface area is 163 Å². The monoisotopic (exact) mass is 494 g/mol. The maximum atomic E-state index is 10.9. The number of carbonyl (C=O) groups excluding carboxylic acids is 1. The van der Waals surface area contributed by atoms with Gasteiger partial charge in [-0.25, -0.2) is 4.79 Å². The molecule has 0 saturated carbocycles. The van der Waals surface area contributed by atoms with Crippen molar-refractivity contribution in [2.45, 2.75) is 19.8 Å². The van der Waals surface area contributed by atoms with Crippen molar-refractivity contribution in [2.75, 3.05) is 36.7 Å². The summed E-state index contributed by atoms with van der Waals surface area (Å²) in [6.07, 6.45) is -1.94. The fraction of sp³-hybridized carbons (Fsp3) is 0.900. The lowest BCUT2D eigenvalue weighted by molar-refractivity contribution is 0.124. The van der Waals surface area contributed by atoms with Crippen molar-refractivity contribution in [1.29, 1.82) is 0 Å². The molecule has 0 bridgehead atoms. The van der Waals surface area contributed by atoms with Crippen LogP contribution in [0.4, 0.5) is 4.79 Å². The normalized spacial score (nSPS) is 12.6. The molecule has 0 aromatic carbocycles. The summed E-state index contributed by atoms with van der Waals surface area (Å²) in [7, 11) is -15.2. The van der Waals surface area contributed by atoms with Crippen molar-refractivity contribution in [3.05, 3.63) is 0 Å². The maximum Gasteiger partial charge on any atom is 0.523 e. The zero-order valence-electron chi connectivity index (χ0n) is 14.9. The van der Waals surface area contributed by atoms with Gasteiger partial charge in [-0.05, 0) is 19.8 Å². The number of methoxy groups -OCH3 is 1. The highest BCUT2D eigenvalue weighted by molar-refractivity contribution is 7.87.